The zero-order valence-electron chi connectivity index (χ0n) is 41.8. The molecule has 0 aliphatic heterocycles. The lowest BCUT2D eigenvalue weighted by Gasteiger charge is -2.23. The number of amides is 3. The first-order valence-electron chi connectivity index (χ1n) is 22.4. The molecule has 3 amide bonds. The molecule has 0 aliphatic carbocycles. The van der Waals surface area contributed by atoms with Crippen LogP contribution in [0.15, 0.2) is 121 Å². The molecular formula is C54H58Cl2N8O11. The van der Waals surface area contributed by atoms with E-state index >= 15 is 0 Å². The minimum atomic E-state index is -1.16. The number of aliphatic hydroxyl groups is 2. The number of hydrogen-bond acceptors (Lipinski definition) is 13. The van der Waals surface area contributed by atoms with Crippen LogP contribution in [-0.4, -0.2) is 77.5 Å². The second-order valence-electron chi connectivity index (χ2n) is 16.1. The maximum absolute atomic E-state index is 12.7. The monoisotopic (exact) mass is 1060 g/mol. The molecule has 75 heavy (non-hydrogen) atoms. The highest BCUT2D eigenvalue weighted by Gasteiger charge is 2.26. The average Bonchev–Trinajstić information content (AvgIpc) is 3.40. The van der Waals surface area contributed by atoms with Crippen LogP contribution in [-0.2, 0) is 22.8 Å². The molecule has 0 saturated carbocycles. The molecule has 0 spiro atoms. The van der Waals surface area contributed by atoms with Gasteiger partial charge in [-0.1, -0.05) is 59.6 Å². The molecule has 6 aromatic rings. The Kier molecular flexibility index (Phi) is 24.2. The second-order valence-corrected chi connectivity index (χ2v) is 16.8. The summed E-state index contributed by atoms with van der Waals surface area (Å²) in [4.78, 5) is 53.7. The Hall–Kier alpha value is -8.56. The minimum absolute atomic E-state index is 0. The molecule has 21 heteroatoms. The van der Waals surface area contributed by atoms with E-state index in [2.05, 4.69) is 31.2 Å². The number of carboxylic acid groups (broad SMARTS) is 1. The molecule has 0 aliphatic rings. The van der Waals surface area contributed by atoms with E-state index in [1.807, 2.05) is 48.5 Å². The number of nitrogens with zero attached hydrogens (tertiary/aromatic N) is 2. The fourth-order valence-corrected chi connectivity index (χ4v) is 6.83. The van der Waals surface area contributed by atoms with Gasteiger partial charge >= 0.3 is 5.97 Å². The van der Waals surface area contributed by atoms with Gasteiger partial charge in [0.05, 0.1) is 49.6 Å². The number of carboxylic acids is 1. The Labute approximate surface area is 444 Å². The van der Waals surface area contributed by atoms with Crippen molar-refractivity contribution >= 4 is 69.6 Å². The van der Waals surface area contributed by atoms with Crippen LogP contribution in [0.4, 0.5) is 22.7 Å². The summed E-state index contributed by atoms with van der Waals surface area (Å²) in [5.74, 6) is 0.0454. The lowest BCUT2D eigenvalue weighted by molar-refractivity contribution is -0.140. The number of anilines is 2. The van der Waals surface area contributed by atoms with Crippen molar-refractivity contribution in [2.75, 3.05) is 24.9 Å². The Morgan fingerprint density at radius 3 is 1.31 bits per heavy atom. The van der Waals surface area contributed by atoms with Crippen LogP contribution in [0.3, 0.4) is 0 Å². The minimum Gasteiger partial charge on any atom is -0.497 e. The third-order valence-electron chi connectivity index (χ3n) is 10.8. The SMILES string of the molecule is COc1ccc(COc2ccc(C(N)=O)cc2)cc1.N.[C-]#[N+]c1ccc(N[C@@H](C(=O)NNC(=O)c2ccc(OCc3ccc(OC)cc3)cc2)[C@H](C)O)c(C)c1Cl.[C-]#[N+]c1ccc(N[C@@H](C(=O)O)[C@H](C)O)c(C)c1Cl. The molecular weight excluding hydrogens is 1010 g/mol. The number of benzene rings is 6. The molecule has 12 N–H and O–H groups in total. The zero-order chi connectivity index (χ0) is 54.5. The van der Waals surface area contributed by atoms with E-state index in [0.717, 1.165) is 22.6 Å². The van der Waals surface area contributed by atoms with Gasteiger partial charge in [-0.05, 0) is 135 Å². The van der Waals surface area contributed by atoms with Gasteiger partial charge in [0.25, 0.3) is 11.8 Å². The number of carbonyl (C=O) groups excluding carboxylic acids is 3. The van der Waals surface area contributed by atoms with E-state index in [0.29, 0.717) is 64.0 Å². The Morgan fingerprint density at radius 1 is 0.587 bits per heavy atom. The number of aliphatic hydroxyl groups excluding tert-OH is 2. The van der Waals surface area contributed by atoms with Gasteiger partial charge in [-0.25, -0.2) is 14.5 Å². The number of ether oxygens (including phenoxy) is 4. The first kappa shape index (κ1) is 60.7. The Bertz CT molecular complexity index is 2950. The van der Waals surface area contributed by atoms with Crippen molar-refractivity contribution in [3.05, 3.63) is 188 Å². The lowest BCUT2D eigenvalue weighted by Crippen LogP contribution is -2.52. The quantitative estimate of drug-likeness (QED) is 0.0286. The summed E-state index contributed by atoms with van der Waals surface area (Å²) in [6.45, 7) is 21.1. The molecule has 394 valence electrons. The molecule has 0 aromatic heterocycles. The highest BCUT2D eigenvalue weighted by Crippen LogP contribution is 2.35. The van der Waals surface area contributed by atoms with Crippen LogP contribution < -0.4 is 52.3 Å². The zero-order valence-corrected chi connectivity index (χ0v) is 43.3. The number of carbonyl (C=O) groups is 4. The van der Waals surface area contributed by atoms with Gasteiger partial charge in [-0.2, -0.15) is 0 Å². The van der Waals surface area contributed by atoms with E-state index < -0.39 is 48.0 Å². The smallest absolute Gasteiger partial charge is 0.328 e. The molecule has 0 radical (unpaired) electrons. The number of hydrogen-bond donors (Lipinski definition) is 9. The summed E-state index contributed by atoms with van der Waals surface area (Å²) in [7, 11) is 3.23. The van der Waals surface area contributed by atoms with Gasteiger partial charge in [-0.3, -0.25) is 25.2 Å². The number of nitrogens with two attached hydrogens (primary N) is 1. The molecule has 0 fully saturated rings. The number of nitrogens with one attached hydrogen (secondary N) is 4. The number of hydrazine groups is 1. The number of methoxy groups -OCH3 is 2. The molecule has 6 rings (SSSR count). The molecule has 0 saturated heterocycles. The highest BCUT2D eigenvalue weighted by molar-refractivity contribution is 6.35. The average molecular weight is 1070 g/mol. The molecule has 6 aromatic carbocycles. The molecule has 0 bridgehead atoms. The first-order chi connectivity index (χ1) is 35.3. The number of halogens is 2. The number of primary amides is 1. The van der Waals surface area contributed by atoms with Gasteiger partial charge in [-0.15, -0.1) is 0 Å². The van der Waals surface area contributed by atoms with Gasteiger partial charge in [0, 0.05) is 22.5 Å². The summed E-state index contributed by atoms with van der Waals surface area (Å²) in [6, 6.07) is 32.3. The van der Waals surface area contributed by atoms with Crippen molar-refractivity contribution in [2.24, 2.45) is 5.73 Å². The number of rotatable bonds is 18. The van der Waals surface area contributed by atoms with Crippen molar-refractivity contribution in [2.45, 2.75) is 65.2 Å². The summed E-state index contributed by atoms with van der Waals surface area (Å²) < 4.78 is 21.6. The van der Waals surface area contributed by atoms with Crippen molar-refractivity contribution in [1.82, 2.24) is 17.0 Å². The first-order valence-corrected chi connectivity index (χ1v) is 23.1. The maximum Gasteiger partial charge on any atom is 0.328 e. The number of aliphatic carboxylic acids is 1. The molecule has 4 atom stereocenters. The fourth-order valence-electron chi connectivity index (χ4n) is 6.42. The van der Waals surface area contributed by atoms with Crippen LogP contribution >= 0.6 is 23.2 Å². The van der Waals surface area contributed by atoms with E-state index in [1.165, 1.54) is 26.0 Å². The topological polar surface area (TPSA) is 284 Å². The van der Waals surface area contributed by atoms with Crippen LogP contribution in [0, 0.1) is 27.0 Å². The van der Waals surface area contributed by atoms with E-state index in [1.54, 1.807) is 88.7 Å². The van der Waals surface area contributed by atoms with Gasteiger partial charge in [0.15, 0.2) is 6.04 Å². The molecule has 0 heterocycles. The summed E-state index contributed by atoms with van der Waals surface area (Å²) in [5, 5.41) is 34.6. The Balaban J connectivity index is 0.000000327. The third-order valence-corrected chi connectivity index (χ3v) is 11.7. The van der Waals surface area contributed by atoms with Crippen LogP contribution in [0.25, 0.3) is 9.69 Å². The Morgan fingerprint density at radius 2 is 0.960 bits per heavy atom. The van der Waals surface area contributed by atoms with Crippen LogP contribution in [0.5, 0.6) is 23.0 Å². The maximum atomic E-state index is 12.7. The predicted molar refractivity (Wildman–Crippen MR) is 287 cm³/mol. The van der Waals surface area contributed by atoms with Crippen molar-refractivity contribution in [3.8, 4) is 23.0 Å². The van der Waals surface area contributed by atoms with Crippen LogP contribution in [0.2, 0.25) is 10.0 Å². The second kappa shape index (κ2) is 29.8. The predicted octanol–water partition coefficient (Wildman–Crippen LogP) is 9.39. The van der Waals surface area contributed by atoms with Crippen LogP contribution in [0.1, 0.15) is 56.8 Å². The van der Waals surface area contributed by atoms with Crippen molar-refractivity contribution in [1.29, 1.82) is 0 Å². The summed E-state index contributed by atoms with van der Waals surface area (Å²) in [5.41, 5.74) is 15.3. The van der Waals surface area contributed by atoms with Gasteiger partial charge < -0.3 is 56.8 Å². The normalized spacial score (nSPS) is 11.7. The summed E-state index contributed by atoms with van der Waals surface area (Å²) >= 11 is 12.2. The molecule has 19 nitrogen and oxygen atoms in total. The standard InChI is InChI=1S/C27H27ClN4O5.C15H15NO3.C12H13ClN2O3.H3N/c1-16-22(13-14-23(29-3)24(16)28)30-25(17(2)33)27(35)32-31-26(34)19-7-11-21(12-8-19)37-15-18-5-9-20(36-4)10-6-18;1-18-13-6-2-11(3-7-13)10-19-14-8-4-12(5-9-14)15(16)17;1-6-8(4-5-9(14-3)10(6)13)15-11(7(2)16)12(17)18;/h5-14,17,25,30,33H,15H2,1-2,4H3,(H,31,34)(H,32,35);2-9H,10H2,1H3,(H2,16,17);4-5,7,11,15-16H,1-2H3,(H,17,18);1H3/t17-,25+;;7-,11+;/m0.0./s1. The lowest BCUT2D eigenvalue weighted by atomic mass is 10.1. The molecule has 0 unspecified atom stereocenters. The largest absolute Gasteiger partial charge is 0.497 e. The van der Waals surface area contributed by atoms with E-state index in [4.69, 9.17) is 66.1 Å². The highest BCUT2D eigenvalue weighted by atomic mass is 35.5. The van der Waals surface area contributed by atoms with Crippen molar-refractivity contribution < 1.29 is 53.4 Å². The van der Waals surface area contributed by atoms with Crippen molar-refractivity contribution in [3.63, 3.8) is 0 Å². The summed E-state index contributed by atoms with van der Waals surface area (Å²) in [6.07, 6.45) is -2.15. The van der Waals surface area contributed by atoms with Gasteiger partial charge in [0.2, 0.25) is 17.3 Å². The van der Waals surface area contributed by atoms with Gasteiger partial charge in [0.1, 0.15) is 42.3 Å². The van der Waals surface area contributed by atoms with E-state index in [9.17, 15) is 29.4 Å². The van der Waals surface area contributed by atoms with E-state index in [-0.39, 0.29) is 21.9 Å². The third kappa shape index (κ3) is 18.2. The fraction of sp³-hybridized carbons (Fsp3) is 0.222.